The molecular weight excluding hydrogens is 234 g/mol. The summed E-state index contributed by atoms with van der Waals surface area (Å²) in [6.45, 7) is 1.02. The highest BCUT2D eigenvalue weighted by Gasteiger charge is 2.40. The third-order valence-electron chi connectivity index (χ3n) is 3.98. The van der Waals surface area contributed by atoms with Gasteiger partial charge in [0.2, 0.25) is 0 Å². The Labute approximate surface area is 106 Å². The number of aliphatic carboxylic acids is 2. The third kappa shape index (κ3) is 2.72. The van der Waals surface area contributed by atoms with Gasteiger partial charge in [0.25, 0.3) is 0 Å². The molecule has 1 saturated heterocycles. The summed E-state index contributed by atoms with van der Waals surface area (Å²) in [6.07, 6.45) is 7.94. The van der Waals surface area contributed by atoms with Crippen molar-refractivity contribution in [2.75, 3.05) is 13.1 Å². The van der Waals surface area contributed by atoms with E-state index >= 15 is 0 Å². The fourth-order valence-electron chi connectivity index (χ4n) is 2.92. The summed E-state index contributed by atoms with van der Waals surface area (Å²) < 4.78 is 0. The average molecular weight is 253 g/mol. The van der Waals surface area contributed by atoms with Crippen molar-refractivity contribution in [1.29, 1.82) is 0 Å². The average Bonchev–Trinajstić information content (AvgIpc) is 2.39. The zero-order chi connectivity index (χ0) is 13.1. The van der Waals surface area contributed by atoms with Gasteiger partial charge in [-0.15, -0.1) is 0 Å². The molecule has 0 aromatic carbocycles. The monoisotopic (exact) mass is 253 g/mol. The van der Waals surface area contributed by atoms with Crippen molar-refractivity contribution in [2.24, 2.45) is 11.8 Å². The van der Waals surface area contributed by atoms with Gasteiger partial charge in [0.1, 0.15) is 0 Å². The van der Waals surface area contributed by atoms with E-state index in [1.54, 1.807) is 0 Å². The Bertz CT molecular complexity index is 366. The van der Waals surface area contributed by atoms with Crippen LogP contribution in [0.5, 0.6) is 0 Å². The second-order valence-corrected chi connectivity index (χ2v) is 5.10. The minimum atomic E-state index is -0.994. The lowest BCUT2D eigenvalue weighted by Gasteiger charge is -2.39. The van der Waals surface area contributed by atoms with Crippen LogP contribution in [-0.2, 0) is 9.59 Å². The first-order valence-electron chi connectivity index (χ1n) is 6.46. The van der Waals surface area contributed by atoms with E-state index in [0.717, 1.165) is 19.3 Å². The van der Waals surface area contributed by atoms with Crippen LogP contribution in [0.25, 0.3) is 0 Å². The zero-order valence-corrected chi connectivity index (χ0v) is 10.3. The van der Waals surface area contributed by atoms with Crippen LogP contribution in [0.2, 0.25) is 0 Å². The van der Waals surface area contributed by atoms with Gasteiger partial charge in [0.15, 0.2) is 0 Å². The van der Waals surface area contributed by atoms with Crippen LogP contribution in [0.15, 0.2) is 12.2 Å². The lowest BCUT2D eigenvalue weighted by atomic mass is 9.84. The van der Waals surface area contributed by atoms with Crippen molar-refractivity contribution in [3.63, 3.8) is 0 Å². The molecule has 0 radical (unpaired) electrons. The molecule has 2 rings (SSSR count). The summed E-state index contributed by atoms with van der Waals surface area (Å²) >= 11 is 0. The lowest BCUT2D eigenvalue weighted by molar-refractivity contribution is -0.157. The normalized spacial score (nSPS) is 33.2. The van der Waals surface area contributed by atoms with Crippen molar-refractivity contribution in [3.8, 4) is 0 Å². The number of carboxylic acid groups (broad SMARTS) is 2. The molecule has 0 spiro atoms. The van der Waals surface area contributed by atoms with Crippen LogP contribution in [-0.4, -0.2) is 46.2 Å². The Morgan fingerprint density at radius 3 is 2.39 bits per heavy atom. The predicted octanol–water partition coefficient (Wildman–Crippen LogP) is 1.20. The van der Waals surface area contributed by atoms with Crippen LogP contribution in [0.3, 0.4) is 0 Å². The van der Waals surface area contributed by atoms with E-state index in [9.17, 15) is 9.59 Å². The smallest absolute Gasteiger partial charge is 0.308 e. The molecule has 1 heterocycles. The molecule has 3 unspecified atom stereocenters. The fourth-order valence-corrected chi connectivity index (χ4v) is 2.92. The number of carbonyl (C=O) groups is 2. The second kappa shape index (κ2) is 5.52. The Hall–Kier alpha value is -1.36. The number of hydrogen-bond acceptors (Lipinski definition) is 3. The lowest BCUT2D eigenvalue weighted by Crippen LogP contribution is -2.49. The summed E-state index contributed by atoms with van der Waals surface area (Å²) in [6, 6.07) is 0.287. The second-order valence-electron chi connectivity index (χ2n) is 5.10. The molecule has 0 aromatic heterocycles. The number of hydrogen-bond donors (Lipinski definition) is 2. The van der Waals surface area contributed by atoms with E-state index in [1.165, 1.54) is 0 Å². The molecule has 0 aromatic rings. The molecule has 100 valence electrons. The number of piperidine rings is 1. The van der Waals surface area contributed by atoms with Gasteiger partial charge in [-0.1, -0.05) is 12.2 Å². The summed E-state index contributed by atoms with van der Waals surface area (Å²) in [7, 11) is 0. The molecule has 18 heavy (non-hydrogen) atoms. The van der Waals surface area contributed by atoms with Gasteiger partial charge in [0, 0.05) is 12.6 Å². The Morgan fingerprint density at radius 1 is 1.11 bits per heavy atom. The maximum Gasteiger partial charge on any atom is 0.308 e. The van der Waals surface area contributed by atoms with Crippen LogP contribution < -0.4 is 0 Å². The van der Waals surface area contributed by atoms with Crippen LogP contribution in [0, 0.1) is 11.8 Å². The van der Waals surface area contributed by atoms with Crippen molar-refractivity contribution in [2.45, 2.75) is 31.7 Å². The fraction of sp³-hybridized carbons (Fsp3) is 0.692. The van der Waals surface area contributed by atoms with E-state index in [2.05, 4.69) is 17.1 Å². The largest absolute Gasteiger partial charge is 0.481 e. The van der Waals surface area contributed by atoms with Crippen LogP contribution in [0.4, 0.5) is 0 Å². The molecule has 1 aliphatic heterocycles. The summed E-state index contributed by atoms with van der Waals surface area (Å²) in [5.41, 5.74) is 0. The summed E-state index contributed by atoms with van der Waals surface area (Å²) in [5, 5.41) is 18.2. The first-order chi connectivity index (χ1) is 8.59. The topological polar surface area (TPSA) is 77.8 Å². The van der Waals surface area contributed by atoms with Crippen molar-refractivity contribution < 1.29 is 19.8 Å². The Morgan fingerprint density at radius 2 is 1.83 bits per heavy atom. The summed E-state index contributed by atoms with van der Waals surface area (Å²) in [4.78, 5) is 24.4. The van der Waals surface area contributed by atoms with Gasteiger partial charge in [-0.3, -0.25) is 14.5 Å². The quantitative estimate of drug-likeness (QED) is 0.739. The Balaban J connectivity index is 2.05. The zero-order valence-electron chi connectivity index (χ0n) is 10.3. The van der Waals surface area contributed by atoms with Gasteiger partial charge in [-0.25, -0.2) is 0 Å². The third-order valence-corrected chi connectivity index (χ3v) is 3.98. The standard InChI is InChI=1S/C13H19NO4/c15-12(16)10-6-7-14(8-11(10)13(17)18)9-4-2-1-3-5-9/h2,4,9-11H,1,3,5-8H2,(H,15,16)(H,17,18). The van der Waals surface area contributed by atoms with Crippen LogP contribution >= 0.6 is 0 Å². The van der Waals surface area contributed by atoms with Gasteiger partial charge in [-0.2, -0.15) is 0 Å². The molecule has 2 aliphatic rings. The summed E-state index contributed by atoms with van der Waals surface area (Å²) in [5.74, 6) is -3.51. The number of carboxylic acids is 2. The number of nitrogens with zero attached hydrogens (tertiary/aromatic N) is 1. The van der Waals surface area contributed by atoms with Crippen molar-refractivity contribution in [1.82, 2.24) is 4.90 Å². The minimum Gasteiger partial charge on any atom is -0.481 e. The number of likely N-dealkylation sites (tertiary alicyclic amines) is 1. The van der Waals surface area contributed by atoms with E-state index < -0.39 is 23.8 Å². The van der Waals surface area contributed by atoms with E-state index in [-0.39, 0.29) is 6.04 Å². The molecule has 5 heteroatoms. The number of rotatable bonds is 3. The molecular formula is C13H19NO4. The minimum absolute atomic E-state index is 0.287. The SMILES string of the molecule is O=C(O)C1CCN(C2C=CCCC2)CC1C(=O)O. The highest BCUT2D eigenvalue weighted by Crippen LogP contribution is 2.28. The molecule has 1 aliphatic carbocycles. The van der Waals surface area contributed by atoms with Gasteiger partial charge in [0.05, 0.1) is 11.8 Å². The molecule has 5 nitrogen and oxygen atoms in total. The predicted molar refractivity (Wildman–Crippen MR) is 65.2 cm³/mol. The molecule has 0 bridgehead atoms. The molecule has 1 fully saturated rings. The highest BCUT2D eigenvalue weighted by molar-refractivity contribution is 5.80. The first-order valence-corrected chi connectivity index (χ1v) is 6.46. The molecule has 3 atom stereocenters. The van der Waals surface area contributed by atoms with Gasteiger partial charge < -0.3 is 10.2 Å². The van der Waals surface area contributed by atoms with Gasteiger partial charge >= 0.3 is 11.9 Å². The molecule has 2 N–H and O–H groups in total. The molecule has 0 amide bonds. The van der Waals surface area contributed by atoms with Crippen molar-refractivity contribution in [3.05, 3.63) is 12.2 Å². The highest BCUT2D eigenvalue weighted by atomic mass is 16.4. The molecule has 0 saturated carbocycles. The maximum absolute atomic E-state index is 11.2. The van der Waals surface area contributed by atoms with Crippen molar-refractivity contribution >= 4 is 11.9 Å². The first kappa shape index (κ1) is 13.1. The van der Waals surface area contributed by atoms with E-state index in [4.69, 9.17) is 10.2 Å². The number of allylic oxidation sites excluding steroid dienone is 1. The van der Waals surface area contributed by atoms with Gasteiger partial charge in [-0.05, 0) is 32.2 Å². The van der Waals surface area contributed by atoms with E-state index in [1.807, 2.05) is 0 Å². The Kier molecular flexibility index (Phi) is 4.01. The van der Waals surface area contributed by atoms with E-state index in [0.29, 0.717) is 19.5 Å². The maximum atomic E-state index is 11.2. The van der Waals surface area contributed by atoms with Crippen LogP contribution in [0.1, 0.15) is 25.7 Å².